The lowest BCUT2D eigenvalue weighted by Gasteiger charge is -2.33. The number of oxime groups is 1. The minimum atomic E-state index is -1.27. The zero-order valence-corrected chi connectivity index (χ0v) is 22.3. The zero-order chi connectivity index (χ0) is 26.3. The molecule has 0 radical (unpaired) electrons. The number of nitrogens with zero attached hydrogens (tertiary/aromatic N) is 1. The second kappa shape index (κ2) is 12.0. The third kappa shape index (κ3) is 5.66. The van der Waals surface area contributed by atoms with Crippen molar-refractivity contribution in [1.29, 1.82) is 0 Å². The molecule has 0 unspecified atom stereocenters. The molecule has 0 fully saturated rings. The van der Waals surface area contributed by atoms with Crippen molar-refractivity contribution in [2.45, 2.75) is 12.5 Å². The van der Waals surface area contributed by atoms with Gasteiger partial charge in [0.05, 0.1) is 11.6 Å². The van der Waals surface area contributed by atoms with Crippen LogP contribution < -0.4 is 0 Å². The maximum absolute atomic E-state index is 13.5. The number of hydrogen-bond donors (Lipinski definition) is 0. The summed E-state index contributed by atoms with van der Waals surface area (Å²) < 4.78 is 5.86. The molecule has 0 amide bonds. The van der Waals surface area contributed by atoms with Gasteiger partial charge in [0.2, 0.25) is 17.1 Å². The molecule has 0 spiro atoms. The van der Waals surface area contributed by atoms with Gasteiger partial charge in [-0.1, -0.05) is 124 Å². The van der Waals surface area contributed by atoms with Gasteiger partial charge in [0.1, 0.15) is 0 Å². The topological polar surface area (TPSA) is 65.0 Å². The van der Waals surface area contributed by atoms with Crippen LogP contribution in [0, 0.1) is 0 Å². The Kier molecular flexibility index (Phi) is 8.54. The Hall–Kier alpha value is -3.74. The highest BCUT2D eigenvalue weighted by molar-refractivity contribution is 9.10. The van der Waals surface area contributed by atoms with Gasteiger partial charge in [0.15, 0.2) is 0 Å². The molecule has 0 bridgehead atoms. The van der Waals surface area contributed by atoms with Crippen LogP contribution in [-0.4, -0.2) is 24.1 Å². The molecule has 4 aromatic rings. The Bertz CT molecular complexity index is 1310. The highest BCUT2D eigenvalue weighted by Gasteiger charge is 2.40. The summed E-state index contributed by atoms with van der Waals surface area (Å²) in [5.74, 6) is -1.62. The number of halogens is 2. The number of ketones is 1. The number of hydrogen-bond acceptors (Lipinski definition) is 5. The van der Waals surface area contributed by atoms with Crippen molar-refractivity contribution >= 4 is 45.0 Å². The van der Waals surface area contributed by atoms with E-state index in [0.29, 0.717) is 4.47 Å². The average molecular weight is 577 g/mol. The van der Waals surface area contributed by atoms with Gasteiger partial charge in [-0.2, -0.15) is 0 Å². The fourth-order valence-electron chi connectivity index (χ4n) is 3.96. The summed E-state index contributed by atoms with van der Waals surface area (Å²) in [5, 5.41) is 4.37. The van der Waals surface area contributed by atoms with E-state index in [0.717, 1.165) is 16.7 Å². The molecule has 0 aliphatic carbocycles. The van der Waals surface area contributed by atoms with Gasteiger partial charge in [0, 0.05) is 26.7 Å². The Morgan fingerprint density at radius 3 is 1.73 bits per heavy atom. The van der Waals surface area contributed by atoms with E-state index in [2.05, 4.69) is 21.1 Å². The first kappa shape index (κ1) is 26.3. The van der Waals surface area contributed by atoms with Gasteiger partial charge in [0.25, 0.3) is 0 Å². The van der Waals surface area contributed by atoms with E-state index in [9.17, 15) is 9.59 Å². The van der Waals surface area contributed by atoms with E-state index in [-0.39, 0.29) is 17.2 Å². The first-order valence-electron chi connectivity index (χ1n) is 11.6. The standard InChI is InChI=1S/C30H23BrClNO4/c1-2-36-29(35)27(28(34)25-19-18-24(31)20-26(25)32)33-37-30(21-12-6-3-7-13-21,22-14-8-4-9-15-22)23-16-10-5-11-17-23/h3-20H,2H2,1H3. The van der Waals surface area contributed by atoms with Crippen molar-refractivity contribution in [3.8, 4) is 0 Å². The van der Waals surface area contributed by atoms with E-state index in [1.165, 1.54) is 6.07 Å². The van der Waals surface area contributed by atoms with Crippen molar-refractivity contribution in [1.82, 2.24) is 0 Å². The first-order chi connectivity index (χ1) is 18.0. The molecular formula is C30H23BrClNO4. The van der Waals surface area contributed by atoms with Crippen molar-refractivity contribution in [2.75, 3.05) is 6.61 Å². The number of benzene rings is 4. The monoisotopic (exact) mass is 575 g/mol. The summed E-state index contributed by atoms with van der Waals surface area (Å²) in [5.41, 5.74) is 0.587. The number of esters is 1. The molecule has 0 saturated carbocycles. The molecule has 0 heterocycles. The fraction of sp³-hybridized carbons (Fsp3) is 0.100. The van der Waals surface area contributed by atoms with Gasteiger partial charge in [-0.15, -0.1) is 0 Å². The maximum atomic E-state index is 13.5. The lowest BCUT2D eigenvalue weighted by molar-refractivity contribution is -0.135. The van der Waals surface area contributed by atoms with Crippen LogP contribution in [0.25, 0.3) is 0 Å². The van der Waals surface area contributed by atoms with Gasteiger partial charge in [-0.05, 0) is 25.1 Å². The smallest absolute Gasteiger partial charge is 0.364 e. The SMILES string of the molecule is CCOC(=O)C(=NOC(c1ccccc1)(c1ccccc1)c1ccccc1)C(=O)c1ccc(Br)cc1Cl. The zero-order valence-electron chi connectivity index (χ0n) is 19.9. The average Bonchev–Trinajstić information content (AvgIpc) is 2.92. The molecule has 4 aromatic carbocycles. The van der Waals surface area contributed by atoms with Gasteiger partial charge in [-0.3, -0.25) is 4.79 Å². The van der Waals surface area contributed by atoms with E-state index < -0.39 is 23.1 Å². The van der Waals surface area contributed by atoms with Crippen LogP contribution in [0.2, 0.25) is 5.02 Å². The summed E-state index contributed by atoms with van der Waals surface area (Å²) in [6.45, 7) is 1.70. The first-order valence-corrected chi connectivity index (χ1v) is 12.7. The molecule has 0 aliphatic rings. The lowest BCUT2D eigenvalue weighted by atomic mass is 9.80. The normalized spacial score (nSPS) is 11.6. The van der Waals surface area contributed by atoms with Crippen LogP contribution in [-0.2, 0) is 20.0 Å². The molecule has 37 heavy (non-hydrogen) atoms. The molecule has 186 valence electrons. The Balaban J connectivity index is 1.93. The van der Waals surface area contributed by atoms with Crippen molar-refractivity contribution in [3.05, 3.63) is 141 Å². The molecule has 5 nitrogen and oxygen atoms in total. The molecule has 0 N–H and O–H groups in total. The van der Waals surface area contributed by atoms with Crippen molar-refractivity contribution < 1.29 is 19.2 Å². The largest absolute Gasteiger partial charge is 0.461 e. The maximum Gasteiger partial charge on any atom is 0.364 e. The van der Waals surface area contributed by atoms with E-state index >= 15 is 0 Å². The summed E-state index contributed by atoms with van der Waals surface area (Å²) >= 11 is 9.66. The minimum absolute atomic E-state index is 0.0560. The van der Waals surface area contributed by atoms with Gasteiger partial charge < -0.3 is 9.57 Å². The fourth-order valence-corrected chi connectivity index (χ4v) is 4.72. The summed E-state index contributed by atoms with van der Waals surface area (Å²) in [4.78, 5) is 32.8. The summed E-state index contributed by atoms with van der Waals surface area (Å²) in [7, 11) is 0. The summed E-state index contributed by atoms with van der Waals surface area (Å²) in [6, 6.07) is 33.2. The highest BCUT2D eigenvalue weighted by Crippen LogP contribution is 2.40. The van der Waals surface area contributed by atoms with Crippen molar-refractivity contribution in [2.24, 2.45) is 5.16 Å². The number of Topliss-reactive ketones (excluding diaryl/α,β-unsaturated/α-hetero) is 1. The third-order valence-corrected chi connectivity index (χ3v) is 6.48. The number of carbonyl (C=O) groups excluding carboxylic acids is 2. The van der Waals surface area contributed by atoms with Crippen LogP contribution in [0.15, 0.2) is 119 Å². The molecule has 7 heteroatoms. The number of rotatable bonds is 9. The second-order valence-electron chi connectivity index (χ2n) is 7.98. The van der Waals surface area contributed by atoms with Crippen LogP contribution >= 0.6 is 27.5 Å². The van der Waals surface area contributed by atoms with Crippen LogP contribution in [0.4, 0.5) is 0 Å². The lowest BCUT2D eigenvalue weighted by Crippen LogP contribution is -2.34. The molecular weight excluding hydrogens is 554 g/mol. The second-order valence-corrected chi connectivity index (χ2v) is 9.31. The number of ether oxygens (including phenoxy) is 1. The van der Waals surface area contributed by atoms with Gasteiger partial charge in [-0.25, -0.2) is 4.79 Å². The van der Waals surface area contributed by atoms with Crippen LogP contribution in [0.5, 0.6) is 0 Å². The van der Waals surface area contributed by atoms with Crippen LogP contribution in [0.1, 0.15) is 34.0 Å². The van der Waals surface area contributed by atoms with Gasteiger partial charge >= 0.3 is 5.97 Å². The molecule has 0 atom stereocenters. The predicted octanol–water partition coefficient (Wildman–Crippen LogP) is 7.21. The Morgan fingerprint density at radius 2 is 1.30 bits per heavy atom. The number of carbonyl (C=O) groups is 2. The minimum Gasteiger partial charge on any atom is -0.461 e. The van der Waals surface area contributed by atoms with E-state index in [1.54, 1.807) is 19.1 Å². The van der Waals surface area contributed by atoms with E-state index in [4.69, 9.17) is 21.2 Å². The quantitative estimate of drug-likeness (QED) is 0.0527. The summed E-state index contributed by atoms with van der Waals surface area (Å²) in [6.07, 6.45) is 0. The third-order valence-electron chi connectivity index (χ3n) is 5.67. The Morgan fingerprint density at radius 1 is 0.811 bits per heavy atom. The molecule has 4 rings (SSSR count). The predicted molar refractivity (Wildman–Crippen MR) is 148 cm³/mol. The Labute approximate surface area is 228 Å². The molecule has 0 saturated heterocycles. The van der Waals surface area contributed by atoms with Crippen molar-refractivity contribution in [3.63, 3.8) is 0 Å². The highest BCUT2D eigenvalue weighted by atomic mass is 79.9. The van der Waals surface area contributed by atoms with E-state index in [1.807, 2.05) is 91.0 Å². The van der Waals surface area contributed by atoms with Crippen LogP contribution in [0.3, 0.4) is 0 Å². The molecule has 0 aliphatic heterocycles. The molecule has 0 aromatic heterocycles.